The summed E-state index contributed by atoms with van der Waals surface area (Å²) in [7, 11) is -3.73. The molecule has 1 amide bonds. The third-order valence-corrected chi connectivity index (χ3v) is 7.65. The molecule has 2 fully saturated rings. The monoisotopic (exact) mass is 419 g/mol. The summed E-state index contributed by atoms with van der Waals surface area (Å²) in [5.74, 6) is -0.304. The second-order valence-electron chi connectivity index (χ2n) is 7.60. The van der Waals surface area contributed by atoms with Gasteiger partial charge in [-0.25, -0.2) is 8.42 Å². The van der Waals surface area contributed by atoms with Crippen LogP contribution in [0.15, 0.2) is 34.1 Å². The van der Waals surface area contributed by atoms with Gasteiger partial charge in [0.15, 0.2) is 0 Å². The number of amides is 1. The summed E-state index contributed by atoms with van der Waals surface area (Å²) in [6.45, 7) is 3.87. The number of sulfonamides is 1. The van der Waals surface area contributed by atoms with Gasteiger partial charge in [-0.2, -0.15) is 4.31 Å². The fraction of sp³-hybridized carbons (Fsp3) is 0.500. The van der Waals surface area contributed by atoms with E-state index < -0.39 is 15.5 Å². The van der Waals surface area contributed by atoms with Crippen molar-refractivity contribution in [1.82, 2.24) is 14.2 Å². The Morgan fingerprint density at radius 1 is 1.17 bits per heavy atom. The number of aromatic amines is 1. The summed E-state index contributed by atoms with van der Waals surface area (Å²) in [5, 5.41) is 0.204. The lowest BCUT2D eigenvalue weighted by atomic mass is 10.0. The van der Waals surface area contributed by atoms with Gasteiger partial charge in [-0.05, 0) is 44.4 Å². The number of carbonyl (C=O) groups excluding carboxylic acids is 1. The van der Waals surface area contributed by atoms with E-state index in [-0.39, 0.29) is 40.9 Å². The zero-order chi connectivity index (χ0) is 20.6. The predicted octanol–water partition coefficient (Wildman–Crippen LogP) is 1.56. The highest BCUT2D eigenvalue weighted by atomic mass is 32.2. The third kappa shape index (κ3) is 3.70. The normalized spacial score (nSPS) is 21.4. The molecular weight excluding hydrogens is 394 g/mol. The lowest BCUT2D eigenvalue weighted by Gasteiger charge is -2.33. The average molecular weight is 420 g/mol. The summed E-state index contributed by atoms with van der Waals surface area (Å²) in [6.07, 6.45) is 4.34. The summed E-state index contributed by atoms with van der Waals surface area (Å²) < 4.78 is 32.5. The van der Waals surface area contributed by atoms with Gasteiger partial charge in [0.25, 0.3) is 5.91 Å². The number of morpholine rings is 1. The summed E-state index contributed by atoms with van der Waals surface area (Å²) in [4.78, 5) is 30.8. The predicted molar refractivity (Wildman–Crippen MR) is 108 cm³/mol. The lowest BCUT2D eigenvalue weighted by molar-refractivity contribution is 0.0634. The van der Waals surface area contributed by atoms with Crippen LogP contribution in [0.2, 0.25) is 0 Å². The topological polar surface area (TPSA) is 99.8 Å². The molecule has 0 aliphatic carbocycles. The smallest absolute Gasteiger partial charge is 0.259 e. The number of aromatic nitrogens is 1. The third-order valence-electron chi connectivity index (χ3n) is 5.75. The van der Waals surface area contributed by atoms with Crippen LogP contribution in [-0.2, 0) is 14.8 Å². The highest BCUT2D eigenvalue weighted by molar-refractivity contribution is 7.89. The van der Waals surface area contributed by atoms with Crippen LogP contribution in [0.1, 0.15) is 36.5 Å². The van der Waals surface area contributed by atoms with Gasteiger partial charge in [0.05, 0.1) is 18.1 Å². The summed E-state index contributed by atoms with van der Waals surface area (Å²) in [6, 6.07) is 4.51. The second-order valence-corrected chi connectivity index (χ2v) is 9.54. The number of hydrogen-bond donors (Lipinski definition) is 1. The molecule has 2 aliphatic heterocycles. The molecule has 2 aliphatic rings. The Hall–Kier alpha value is -2.23. The molecule has 9 heteroatoms. The number of benzene rings is 1. The van der Waals surface area contributed by atoms with Crippen molar-refractivity contribution in [2.24, 2.45) is 0 Å². The molecule has 3 heterocycles. The number of piperidine rings is 1. The van der Waals surface area contributed by atoms with Crippen molar-refractivity contribution in [3.8, 4) is 0 Å². The van der Waals surface area contributed by atoms with Crippen molar-refractivity contribution in [2.75, 3.05) is 32.8 Å². The van der Waals surface area contributed by atoms with E-state index in [1.807, 2.05) is 6.92 Å². The molecule has 4 rings (SSSR count). The van der Waals surface area contributed by atoms with Crippen LogP contribution in [0.5, 0.6) is 0 Å². The maximum Gasteiger partial charge on any atom is 0.259 e. The molecule has 156 valence electrons. The number of rotatable bonds is 3. The first-order valence-electron chi connectivity index (χ1n) is 9.94. The number of H-pyrrole nitrogens is 1. The van der Waals surface area contributed by atoms with Crippen LogP contribution in [0.3, 0.4) is 0 Å². The SMILES string of the molecule is CC1CCCCN1C(=O)c1c[nH]c2ccc(S(=O)(=O)N3CCOCC3)cc2c1=O. The molecule has 0 saturated carbocycles. The minimum Gasteiger partial charge on any atom is -0.379 e. The fourth-order valence-electron chi connectivity index (χ4n) is 4.01. The molecular formula is C20H25N3O5S. The Bertz CT molecular complexity index is 1090. The fourth-order valence-corrected chi connectivity index (χ4v) is 5.44. The van der Waals surface area contributed by atoms with E-state index >= 15 is 0 Å². The highest BCUT2D eigenvalue weighted by Crippen LogP contribution is 2.22. The Balaban J connectivity index is 1.74. The van der Waals surface area contributed by atoms with Gasteiger partial charge in [0.2, 0.25) is 15.5 Å². The van der Waals surface area contributed by atoms with Crippen molar-refractivity contribution in [1.29, 1.82) is 0 Å². The van der Waals surface area contributed by atoms with Crippen LogP contribution in [-0.4, -0.2) is 67.4 Å². The van der Waals surface area contributed by atoms with Crippen molar-refractivity contribution in [3.63, 3.8) is 0 Å². The molecule has 29 heavy (non-hydrogen) atoms. The first-order valence-corrected chi connectivity index (χ1v) is 11.4. The largest absolute Gasteiger partial charge is 0.379 e. The van der Waals surface area contributed by atoms with E-state index in [1.165, 1.54) is 22.6 Å². The van der Waals surface area contributed by atoms with Gasteiger partial charge in [-0.3, -0.25) is 9.59 Å². The molecule has 2 saturated heterocycles. The van der Waals surface area contributed by atoms with Gasteiger partial charge < -0.3 is 14.6 Å². The van der Waals surface area contributed by atoms with E-state index in [0.29, 0.717) is 25.3 Å². The van der Waals surface area contributed by atoms with Gasteiger partial charge in [-0.15, -0.1) is 0 Å². The van der Waals surface area contributed by atoms with E-state index in [9.17, 15) is 18.0 Å². The zero-order valence-corrected chi connectivity index (χ0v) is 17.2. The zero-order valence-electron chi connectivity index (χ0n) is 16.4. The van der Waals surface area contributed by atoms with Gasteiger partial charge >= 0.3 is 0 Å². The Morgan fingerprint density at radius 3 is 2.66 bits per heavy atom. The molecule has 1 aromatic heterocycles. The quantitative estimate of drug-likeness (QED) is 0.814. The van der Waals surface area contributed by atoms with Crippen molar-refractivity contribution >= 4 is 26.8 Å². The number of carbonyl (C=O) groups is 1. The number of ether oxygens (including phenoxy) is 1. The van der Waals surface area contributed by atoms with Gasteiger partial charge in [0.1, 0.15) is 5.56 Å². The molecule has 1 aromatic carbocycles. The Labute approximate surface area is 169 Å². The van der Waals surface area contributed by atoms with Crippen LogP contribution < -0.4 is 5.43 Å². The maximum absolute atomic E-state index is 13.1. The average Bonchev–Trinajstić information content (AvgIpc) is 2.74. The first kappa shape index (κ1) is 20.1. The van der Waals surface area contributed by atoms with Crippen LogP contribution in [0.25, 0.3) is 10.9 Å². The molecule has 1 atom stereocenters. The first-order chi connectivity index (χ1) is 13.9. The number of fused-ring (bicyclic) bond motifs is 1. The van der Waals surface area contributed by atoms with E-state index in [4.69, 9.17) is 4.74 Å². The van der Waals surface area contributed by atoms with Crippen LogP contribution in [0.4, 0.5) is 0 Å². The maximum atomic E-state index is 13.1. The van der Waals surface area contributed by atoms with Crippen molar-refractivity contribution < 1.29 is 17.9 Å². The number of nitrogens with one attached hydrogen (secondary N) is 1. The standard InChI is InChI=1S/C20H25N3O5S/c1-14-4-2-3-7-23(14)20(25)17-13-21-18-6-5-15(12-16(18)19(17)24)29(26,27)22-8-10-28-11-9-22/h5-6,12-14H,2-4,7-11H2,1H3,(H,21,24). The number of likely N-dealkylation sites (tertiary alicyclic amines) is 1. The van der Waals surface area contributed by atoms with Gasteiger partial charge in [0, 0.05) is 42.8 Å². The minimum atomic E-state index is -3.73. The molecule has 1 unspecified atom stereocenters. The van der Waals surface area contributed by atoms with Crippen molar-refractivity contribution in [2.45, 2.75) is 37.1 Å². The minimum absolute atomic E-state index is 0.0483. The van der Waals surface area contributed by atoms with E-state index in [1.54, 1.807) is 11.0 Å². The summed E-state index contributed by atoms with van der Waals surface area (Å²) in [5.41, 5.74) is 0.104. The van der Waals surface area contributed by atoms with Crippen LogP contribution >= 0.6 is 0 Å². The lowest BCUT2D eigenvalue weighted by Crippen LogP contribution is -2.43. The number of nitrogens with zero attached hydrogens (tertiary/aromatic N) is 2. The summed E-state index contributed by atoms with van der Waals surface area (Å²) >= 11 is 0. The molecule has 0 radical (unpaired) electrons. The Kier molecular flexibility index (Phi) is 5.46. The Morgan fingerprint density at radius 2 is 1.93 bits per heavy atom. The van der Waals surface area contributed by atoms with Crippen LogP contribution in [0, 0.1) is 0 Å². The molecule has 0 bridgehead atoms. The van der Waals surface area contributed by atoms with Crippen molar-refractivity contribution in [3.05, 3.63) is 40.2 Å². The number of pyridine rings is 1. The molecule has 0 spiro atoms. The molecule has 1 N–H and O–H groups in total. The molecule has 8 nitrogen and oxygen atoms in total. The second kappa shape index (κ2) is 7.89. The van der Waals surface area contributed by atoms with Gasteiger partial charge in [-0.1, -0.05) is 0 Å². The van der Waals surface area contributed by atoms with E-state index in [0.717, 1.165) is 19.3 Å². The van der Waals surface area contributed by atoms with E-state index in [2.05, 4.69) is 4.98 Å². The number of hydrogen-bond acceptors (Lipinski definition) is 5. The highest BCUT2D eigenvalue weighted by Gasteiger charge is 2.29. The molecule has 2 aromatic rings.